The van der Waals surface area contributed by atoms with Gasteiger partial charge in [-0.1, -0.05) is 36.4 Å². The largest absolute Gasteiger partial charge is 0.387 e. The number of hydrogen-bond acceptors (Lipinski definition) is 5. The first-order valence-corrected chi connectivity index (χ1v) is 8.55. The lowest BCUT2D eigenvalue weighted by Crippen LogP contribution is -2.12. The molecular weight excluding hydrogens is 342 g/mol. The summed E-state index contributed by atoms with van der Waals surface area (Å²) in [7, 11) is 0. The summed E-state index contributed by atoms with van der Waals surface area (Å²) in [6, 6.07) is 18.7. The Bertz CT molecular complexity index is 1140. The number of nitro groups is 1. The lowest BCUT2D eigenvalue weighted by atomic mass is 10.0. The van der Waals surface area contributed by atoms with Crippen molar-refractivity contribution in [3.8, 4) is 0 Å². The maximum atomic E-state index is 11.2. The number of rotatable bonds is 5. The minimum absolute atomic E-state index is 0.0127. The highest BCUT2D eigenvalue weighted by Gasteiger charge is 2.15. The molecule has 0 amide bonds. The summed E-state index contributed by atoms with van der Waals surface area (Å²) >= 11 is 0. The summed E-state index contributed by atoms with van der Waals surface area (Å²) in [6.45, 7) is 0.285. The van der Waals surface area contributed by atoms with Crippen LogP contribution in [0.4, 0.5) is 11.4 Å². The third-order valence-electron chi connectivity index (χ3n) is 4.64. The second kappa shape index (κ2) is 7.01. The van der Waals surface area contributed by atoms with Gasteiger partial charge in [0.15, 0.2) is 0 Å². The number of pyridine rings is 1. The van der Waals surface area contributed by atoms with E-state index in [0.717, 1.165) is 22.0 Å². The van der Waals surface area contributed by atoms with Crippen molar-refractivity contribution in [2.45, 2.75) is 6.10 Å². The van der Waals surface area contributed by atoms with Gasteiger partial charge in [0.25, 0.3) is 5.69 Å². The molecule has 6 nitrogen and oxygen atoms in total. The molecule has 0 radical (unpaired) electrons. The summed E-state index contributed by atoms with van der Waals surface area (Å²) in [5.41, 5.74) is 1.55. The number of hydrogen-bond donors (Lipinski definition) is 2. The second-order valence-electron chi connectivity index (χ2n) is 6.31. The lowest BCUT2D eigenvalue weighted by molar-refractivity contribution is -0.383. The van der Waals surface area contributed by atoms with Crippen LogP contribution in [0.1, 0.15) is 11.7 Å². The average molecular weight is 359 g/mol. The molecule has 3 aromatic carbocycles. The number of anilines is 1. The normalized spacial score (nSPS) is 12.2. The monoisotopic (exact) mass is 359 g/mol. The van der Waals surface area contributed by atoms with Crippen LogP contribution in [0.5, 0.6) is 0 Å². The molecule has 2 N–H and O–H groups in total. The predicted octanol–water partition coefficient (Wildman–Crippen LogP) is 4.44. The smallest absolute Gasteiger partial charge is 0.278 e. The topological polar surface area (TPSA) is 88.3 Å². The SMILES string of the molecule is O=[N+]([O-])c1ccc(NCC(O)c2ccc3ccccc3c2)c2ccncc12. The van der Waals surface area contributed by atoms with Crippen LogP contribution in [0.25, 0.3) is 21.5 Å². The molecule has 1 aromatic heterocycles. The number of aliphatic hydroxyl groups excluding tert-OH is 1. The molecule has 1 heterocycles. The number of fused-ring (bicyclic) bond motifs is 2. The predicted molar refractivity (Wildman–Crippen MR) is 106 cm³/mol. The Labute approximate surface area is 155 Å². The van der Waals surface area contributed by atoms with Crippen LogP contribution in [-0.2, 0) is 0 Å². The first-order chi connectivity index (χ1) is 13.1. The molecule has 6 heteroatoms. The van der Waals surface area contributed by atoms with E-state index in [1.54, 1.807) is 18.3 Å². The summed E-state index contributed by atoms with van der Waals surface area (Å²) in [5.74, 6) is 0. The van der Waals surface area contributed by atoms with Crippen molar-refractivity contribution < 1.29 is 10.0 Å². The Hall–Kier alpha value is -3.51. The van der Waals surface area contributed by atoms with E-state index in [1.807, 2.05) is 42.5 Å². The number of aromatic nitrogens is 1. The fourth-order valence-electron chi connectivity index (χ4n) is 3.23. The molecule has 4 aromatic rings. The molecule has 1 unspecified atom stereocenters. The van der Waals surface area contributed by atoms with Crippen LogP contribution in [-0.4, -0.2) is 21.6 Å². The van der Waals surface area contributed by atoms with Gasteiger partial charge in [-0.05, 0) is 34.5 Å². The molecule has 0 saturated carbocycles. The van der Waals surface area contributed by atoms with Crippen molar-refractivity contribution in [3.63, 3.8) is 0 Å². The van der Waals surface area contributed by atoms with Gasteiger partial charge < -0.3 is 10.4 Å². The van der Waals surface area contributed by atoms with Crippen LogP contribution in [0, 0.1) is 10.1 Å². The molecule has 0 saturated heterocycles. The molecule has 0 aliphatic rings. The van der Waals surface area contributed by atoms with Gasteiger partial charge in [-0.2, -0.15) is 0 Å². The molecule has 27 heavy (non-hydrogen) atoms. The number of nitrogens with zero attached hydrogens (tertiary/aromatic N) is 2. The van der Waals surface area contributed by atoms with Crippen molar-refractivity contribution in [2.75, 3.05) is 11.9 Å². The number of nitro benzene ring substituents is 1. The summed E-state index contributed by atoms with van der Waals surface area (Å²) in [6.07, 6.45) is 2.37. The van der Waals surface area contributed by atoms with E-state index in [-0.39, 0.29) is 12.2 Å². The minimum Gasteiger partial charge on any atom is -0.387 e. The molecule has 0 aliphatic heterocycles. The zero-order chi connectivity index (χ0) is 18.8. The van der Waals surface area contributed by atoms with Gasteiger partial charge in [0.2, 0.25) is 0 Å². The maximum Gasteiger partial charge on any atom is 0.278 e. The van der Waals surface area contributed by atoms with Gasteiger partial charge >= 0.3 is 0 Å². The first-order valence-electron chi connectivity index (χ1n) is 8.55. The lowest BCUT2D eigenvalue weighted by Gasteiger charge is -2.15. The van der Waals surface area contributed by atoms with E-state index in [4.69, 9.17) is 0 Å². The quantitative estimate of drug-likeness (QED) is 0.406. The van der Waals surface area contributed by atoms with Gasteiger partial charge in [-0.15, -0.1) is 0 Å². The molecule has 0 fully saturated rings. The molecule has 134 valence electrons. The molecular formula is C21H17N3O3. The maximum absolute atomic E-state index is 11.2. The summed E-state index contributed by atoms with van der Waals surface area (Å²) < 4.78 is 0. The van der Waals surface area contributed by atoms with Crippen molar-refractivity contribution in [3.05, 3.63) is 88.7 Å². The fourth-order valence-corrected chi connectivity index (χ4v) is 3.23. The van der Waals surface area contributed by atoms with E-state index in [2.05, 4.69) is 10.3 Å². The van der Waals surface area contributed by atoms with Gasteiger partial charge in [-0.3, -0.25) is 15.1 Å². The Balaban J connectivity index is 1.59. The molecule has 0 aliphatic carbocycles. The van der Waals surface area contributed by atoms with E-state index in [0.29, 0.717) is 10.8 Å². The molecule has 0 spiro atoms. The molecule has 4 rings (SSSR count). The molecule has 0 bridgehead atoms. The van der Waals surface area contributed by atoms with Crippen LogP contribution in [0.2, 0.25) is 0 Å². The van der Waals surface area contributed by atoms with Crippen LogP contribution in [0.3, 0.4) is 0 Å². The first kappa shape index (κ1) is 16.9. The number of benzene rings is 3. The standard InChI is InChI=1S/C21H17N3O3/c25-21(16-6-5-14-3-1-2-4-15(14)11-16)13-23-19-7-8-20(24(26)27)18-12-22-10-9-17(18)19/h1-12,21,23,25H,13H2. The third kappa shape index (κ3) is 3.30. The summed E-state index contributed by atoms with van der Waals surface area (Å²) in [4.78, 5) is 14.8. The zero-order valence-electron chi connectivity index (χ0n) is 14.4. The number of nitrogens with one attached hydrogen (secondary N) is 1. The van der Waals surface area contributed by atoms with Crippen molar-refractivity contribution in [1.82, 2.24) is 4.98 Å². The number of aliphatic hydroxyl groups is 1. The summed E-state index contributed by atoms with van der Waals surface area (Å²) in [5, 5.41) is 28.3. The van der Waals surface area contributed by atoms with E-state index < -0.39 is 11.0 Å². The van der Waals surface area contributed by atoms with Crippen molar-refractivity contribution in [1.29, 1.82) is 0 Å². The van der Waals surface area contributed by atoms with E-state index >= 15 is 0 Å². The Morgan fingerprint density at radius 1 is 1.04 bits per heavy atom. The van der Waals surface area contributed by atoms with Crippen molar-refractivity contribution in [2.24, 2.45) is 0 Å². The van der Waals surface area contributed by atoms with Crippen LogP contribution in [0.15, 0.2) is 73.1 Å². The Morgan fingerprint density at radius 2 is 1.85 bits per heavy atom. The van der Waals surface area contributed by atoms with Crippen LogP contribution < -0.4 is 5.32 Å². The van der Waals surface area contributed by atoms with E-state index in [1.165, 1.54) is 12.3 Å². The zero-order valence-corrected chi connectivity index (χ0v) is 14.4. The second-order valence-corrected chi connectivity index (χ2v) is 6.31. The highest BCUT2D eigenvalue weighted by atomic mass is 16.6. The van der Waals surface area contributed by atoms with Gasteiger partial charge in [0.1, 0.15) is 0 Å². The number of non-ortho nitro benzene ring substituents is 1. The van der Waals surface area contributed by atoms with E-state index in [9.17, 15) is 15.2 Å². The molecule has 1 atom stereocenters. The fraction of sp³-hybridized carbons (Fsp3) is 0.0952. The van der Waals surface area contributed by atoms with Crippen molar-refractivity contribution >= 4 is 32.9 Å². The highest BCUT2D eigenvalue weighted by molar-refractivity contribution is 5.99. The van der Waals surface area contributed by atoms with Gasteiger partial charge in [0, 0.05) is 36.1 Å². The van der Waals surface area contributed by atoms with Gasteiger partial charge in [0.05, 0.1) is 16.4 Å². The minimum atomic E-state index is -0.707. The van der Waals surface area contributed by atoms with Crippen LogP contribution >= 0.6 is 0 Å². The highest BCUT2D eigenvalue weighted by Crippen LogP contribution is 2.31. The Kier molecular flexibility index (Phi) is 4.40. The Morgan fingerprint density at radius 3 is 2.67 bits per heavy atom. The van der Waals surface area contributed by atoms with Gasteiger partial charge in [-0.25, -0.2) is 0 Å². The average Bonchev–Trinajstić information content (AvgIpc) is 2.71. The third-order valence-corrected chi connectivity index (χ3v) is 4.64.